The van der Waals surface area contributed by atoms with E-state index in [1.807, 2.05) is 60.7 Å². The molecule has 0 fully saturated rings. The smallest absolute Gasteiger partial charge is 0.0857 e. The van der Waals surface area contributed by atoms with Crippen molar-refractivity contribution in [1.29, 1.82) is 0 Å². The van der Waals surface area contributed by atoms with Crippen molar-refractivity contribution in [2.24, 2.45) is 10.2 Å². The molecule has 0 aliphatic rings. The largest absolute Gasteiger partial charge is 0.151 e. The Morgan fingerprint density at radius 1 is 0.294 bits per heavy atom. The third-order valence-corrected chi connectivity index (χ3v) is 6.18. The van der Waals surface area contributed by atoms with Crippen molar-refractivity contribution in [3.63, 3.8) is 0 Å². The highest BCUT2D eigenvalue weighted by Crippen LogP contribution is 2.39. The normalized spacial score (nSPS) is 11.4. The minimum absolute atomic E-state index is 0.872. The van der Waals surface area contributed by atoms with Crippen LogP contribution in [0.1, 0.15) is 0 Å². The topological polar surface area (TPSA) is 24.7 Å². The number of azo groups is 1. The van der Waals surface area contributed by atoms with Crippen LogP contribution in [0, 0.1) is 0 Å². The quantitative estimate of drug-likeness (QED) is 0.147. The Balaban J connectivity index is 0.000000137. The van der Waals surface area contributed by atoms with Crippen LogP contribution in [-0.2, 0) is 0 Å². The molecular weight excluding hydrogens is 412 g/mol. The summed E-state index contributed by atoms with van der Waals surface area (Å²) in [4.78, 5) is 0. The van der Waals surface area contributed by atoms with E-state index in [4.69, 9.17) is 0 Å². The Morgan fingerprint density at radius 3 is 0.941 bits per heavy atom. The average molecular weight is 435 g/mol. The van der Waals surface area contributed by atoms with E-state index >= 15 is 0 Å². The zero-order valence-electron chi connectivity index (χ0n) is 18.6. The van der Waals surface area contributed by atoms with E-state index in [0.717, 1.165) is 11.4 Å². The van der Waals surface area contributed by atoms with Gasteiger partial charge in [-0.25, -0.2) is 0 Å². The van der Waals surface area contributed by atoms with Gasteiger partial charge in [-0.15, -0.1) is 0 Å². The standard InChI is InChI=1S/C20H12.C12H10N2/c1-5-13-6-2-11-17-18-12-4-8-14-7-3-10-16(20(14)18)15(9-1)19(13)17;1-3-7-11(8-4-1)13-14-12-9-5-2-6-10-12/h1-12H;1-10H. The molecular formula is C32H22N2. The Hall–Kier alpha value is -4.56. The fourth-order valence-corrected chi connectivity index (χ4v) is 4.68. The van der Waals surface area contributed by atoms with Crippen LogP contribution < -0.4 is 0 Å². The van der Waals surface area contributed by atoms with Gasteiger partial charge in [0, 0.05) is 0 Å². The van der Waals surface area contributed by atoms with E-state index in [0.29, 0.717) is 0 Å². The molecule has 0 amide bonds. The second-order valence-electron chi connectivity index (χ2n) is 8.29. The summed E-state index contributed by atoms with van der Waals surface area (Å²) in [5, 5.41) is 19.1. The van der Waals surface area contributed by atoms with Gasteiger partial charge < -0.3 is 0 Å². The molecule has 0 aliphatic carbocycles. The maximum atomic E-state index is 4.10. The highest BCUT2D eigenvalue weighted by atomic mass is 15.1. The van der Waals surface area contributed by atoms with Crippen LogP contribution in [-0.4, -0.2) is 0 Å². The maximum Gasteiger partial charge on any atom is 0.0857 e. The first-order valence-electron chi connectivity index (χ1n) is 11.4. The first-order chi connectivity index (χ1) is 16.9. The van der Waals surface area contributed by atoms with Crippen LogP contribution in [0.4, 0.5) is 11.4 Å². The predicted molar refractivity (Wildman–Crippen MR) is 145 cm³/mol. The van der Waals surface area contributed by atoms with E-state index in [2.05, 4.69) is 83.0 Å². The van der Waals surface area contributed by atoms with Crippen molar-refractivity contribution in [2.45, 2.75) is 0 Å². The molecule has 160 valence electrons. The van der Waals surface area contributed by atoms with Gasteiger partial charge in [0.05, 0.1) is 11.4 Å². The molecule has 0 radical (unpaired) electrons. The summed E-state index contributed by atoms with van der Waals surface area (Å²) in [7, 11) is 0. The SMILES string of the molecule is c1cc2cccc3c4cccc5cccc(c(c1)c23)c54.c1ccc(N=Nc2ccccc2)cc1. The van der Waals surface area contributed by atoms with Gasteiger partial charge >= 0.3 is 0 Å². The molecule has 0 unspecified atom stereocenters. The number of hydrogen-bond donors (Lipinski definition) is 0. The van der Waals surface area contributed by atoms with Gasteiger partial charge in [-0.3, -0.25) is 0 Å². The van der Waals surface area contributed by atoms with Gasteiger partial charge in [-0.05, 0) is 67.4 Å². The first-order valence-corrected chi connectivity index (χ1v) is 11.4. The maximum absolute atomic E-state index is 4.10. The Kier molecular flexibility index (Phi) is 5.17. The second-order valence-corrected chi connectivity index (χ2v) is 8.29. The minimum atomic E-state index is 0.872. The van der Waals surface area contributed by atoms with Gasteiger partial charge in [-0.1, -0.05) is 109 Å². The lowest BCUT2D eigenvalue weighted by molar-refractivity contribution is 1.23. The van der Waals surface area contributed by atoms with Crippen LogP contribution in [0.15, 0.2) is 144 Å². The second kappa shape index (κ2) is 8.76. The predicted octanol–water partition coefficient (Wildman–Crippen LogP) is 9.84. The third kappa shape index (κ3) is 3.66. The molecule has 0 bridgehead atoms. The third-order valence-electron chi connectivity index (χ3n) is 6.18. The molecule has 0 saturated heterocycles. The van der Waals surface area contributed by atoms with Crippen molar-refractivity contribution >= 4 is 54.5 Å². The lowest BCUT2D eigenvalue weighted by Gasteiger charge is -2.13. The van der Waals surface area contributed by atoms with Crippen molar-refractivity contribution in [3.8, 4) is 0 Å². The molecule has 7 aromatic rings. The molecule has 0 N–H and O–H groups in total. The van der Waals surface area contributed by atoms with Gasteiger partial charge in [0.2, 0.25) is 0 Å². The molecule has 0 aliphatic heterocycles. The van der Waals surface area contributed by atoms with E-state index in [-0.39, 0.29) is 0 Å². The number of fused-ring (bicyclic) bond motifs is 2. The number of hydrogen-bond acceptors (Lipinski definition) is 2. The van der Waals surface area contributed by atoms with E-state index in [1.54, 1.807) is 0 Å². The first kappa shape index (κ1) is 20.1. The summed E-state index contributed by atoms with van der Waals surface area (Å²) in [5.41, 5.74) is 1.74. The number of rotatable bonds is 2. The molecule has 0 aromatic heterocycles. The summed E-state index contributed by atoms with van der Waals surface area (Å²) in [6.07, 6.45) is 0. The lowest BCUT2D eigenvalue weighted by atomic mass is 9.90. The van der Waals surface area contributed by atoms with E-state index in [1.165, 1.54) is 43.1 Å². The Labute approximate surface area is 198 Å². The summed E-state index contributed by atoms with van der Waals surface area (Å²) in [5.74, 6) is 0. The number of nitrogens with zero attached hydrogens (tertiary/aromatic N) is 2. The molecule has 34 heavy (non-hydrogen) atoms. The molecule has 7 rings (SSSR count). The van der Waals surface area contributed by atoms with Crippen molar-refractivity contribution in [3.05, 3.63) is 133 Å². The van der Waals surface area contributed by atoms with Gasteiger partial charge in [-0.2, -0.15) is 10.2 Å². The minimum Gasteiger partial charge on any atom is -0.151 e. The highest BCUT2D eigenvalue weighted by Gasteiger charge is 2.11. The molecule has 0 atom stereocenters. The fourth-order valence-electron chi connectivity index (χ4n) is 4.68. The van der Waals surface area contributed by atoms with Gasteiger partial charge in [0.1, 0.15) is 0 Å². The van der Waals surface area contributed by atoms with E-state index < -0.39 is 0 Å². The van der Waals surface area contributed by atoms with Crippen LogP contribution in [0.5, 0.6) is 0 Å². The molecule has 0 saturated carbocycles. The van der Waals surface area contributed by atoms with E-state index in [9.17, 15) is 0 Å². The Bertz CT molecular complexity index is 1520. The zero-order chi connectivity index (χ0) is 22.7. The van der Waals surface area contributed by atoms with Gasteiger partial charge in [0.25, 0.3) is 0 Å². The van der Waals surface area contributed by atoms with Crippen LogP contribution in [0.25, 0.3) is 43.1 Å². The fraction of sp³-hybridized carbons (Fsp3) is 0. The molecule has 7 aromatic carbocycles. The summed E-state index contributed by atoms with van der Waals surface area (Å²) < 4.78 is 0. The number of benzene rings is 7. The Morgan fingerprint density at radius 2 is 0.618 bits per heavy atom. The zero-order valence-corrected chi connectivity index (χ0v) is 18.6. The van der Waals surface area contributed by atoms with Crippen molar-refractivity contribution < 1.29 is 0 Å². The molecule has 0 spiro atoms. The van der Waals surface area contributed by atoms with Crippen LogP contribution in [0.3, 0.4) is 0 Å². The van der Waals surface area contributed by atoms with Crippen LogP contribution in [0.2, 0.25) is 0 Å². The molecule has 2 heteroatoms. The summed E-state index contributed by atoms with van der Waals surface area (Å²) >= 11 is 0. The van der Waals surface area contributed by atoms with Crippen molar-refractivity contribution in [2.75, 3.05) is 0 Å². The monoisotopic (exact) mass is 434 g/mol. The van der Waals surface area contributed by atoms with Crippen LogP contribution >= 0.6 is 0 Å². The van der Waals surface area contributed by atoms with Crippen molar-refractivity contribution in [1.82, 2.24) is 0 Å². The van der Waals surface area contributed by atoms with Gasteiger partial charge in [0.15, 0.2) is 0 Å². The summed E-state index contributed by atoms with van der Waals surface area (Å²) in [6, 6.07) is 45.8. The molecule has 2 nitrogen and oxygen atoms in total. The average Bonchev–Trinajstić information content (AvgIpc) is 2.92. The highest BCUT2D eigenvalue weighted by molar-refractivity contribution is 6.32. The molecule has 0 heterocycles. The lowest BCUT2D eigenvalue weighted by Crippen LogP contribution is -1.85. The summed E-state index contributed by atoms with van der Waals surface area (Å²) in [6.45, 7) is 0.